The van der Waals surface area contributed by atoms with Gasteiger partial charge in [0.25, 0.3) is 17.4 Å². The Morgan fingerprint density at radius 2 is 1.88 bits per heavy atom. The molecule has 2 saturated carbocycles. The summed E-state index contributed by atoms with van der Waals surface area (Å²) in [5.74, 6) is -1.14. The summed E-state index contributed by atoms with van der Waals surface area (Å²) in [5.41, 5.74) is -2.70. The molecule has 1 aliphatic heterocycles. The van der Waals surface area contributed by atoms with Crippen molar-refractivity contribution in [3.8, 4) is 5.75 Å². The average molecular weight is 594 g/mol. The number of nitrogens with zero attached hydrogens (tertiary/aromatic N) is 2. The number of hydrogen-bond donors (Lipinski definition) is 2. The molecule has 2 aromatic rings. The number of amides is 2. The minimum absolute atomic E-state index is 0.108. The molecule has 1 spiro atoms. The fourth-order valence-corrected chi connectivity index (χ4v) is 6.28. The van der Waals surface area contributed by atoms with E-state index in [1.165, 1.54) is 26.3 Å². The molecular formula is C30H35ClF3N3O4. The maximum Gasteiger partial charge on any atom is 0.430 e. The zero-order chi connectivity index (χ0) is 29.6. The van der Waals surface area contributed by atoms with Crippen LogP contribution in [0.25, 0.3) is 0 Å². The maximum absolute atomic E-state index is 14.1. The lowest BCUT2D eigenvalue weighted by molar-refractivity contribution is -0.261. The summed E-state index contributed by atoms with van der Waals surface area (Å²) < 4.78 is 47.2. The molecule has 0 bridgehead atoms. The number of halogens is 4. The van der Waals surface area contributed by atoms with Gasteiger partial charge in [0.15, 0.2) is 0 Å². The number of alkyl halides is 3. The number of anilines is 1. The van der Waals surface area contributed by atoms with Crippen molar-refractivity contribution in [2.75, 3.05) is 38.7 Å². The van der Waals surface area contributed by atoms with E-state index in [1.54, 1.807) is 6.07 Å². The first-order valence-corrected chi connectivity index (χ1v) is 14.3. The van der Waals surface area contributed by atoms with Crippen LogP contribution in [-0.2, 0) is 10.4 Å². The van der Waals surface area contributed by atoms with E-state index in [0.717, 1.165) is 67.9 Å². The molecule has 2 N–H and O–H groups in total. The van der Waals surface area contributed by atoms with Crippen LogP contribution in [0.1, 0.15) is 54.4 Å². The Morgan fingerprint density at radius 3 is 2.49 bits per heavy atom. The Kier molecular flexibility index (Phi) is 7.93. The second-order valence-corrected chi connectivity index (χ2v) is 12.0. The first kappa shape index (κ1) is 29.5. The summed E-state index contributed by atoms with van der Waals surface area (Å²) in [5, 5.41) is 14.1. The molecule has 7 nitrogen and oxygen atoms in total. The van der Waals surface area contributed by atoms with Gasteiger partial charge in [-0.1, -0.05) is 23.7 Å². The third-order valence-electron chi connectivity index (χ3n) is 8.96. The van der Waals surface area contributed by atoms with Crippen molar-refractivity contribution >= 4 is 29.1 Å². The predicted octanol–water partition coefficient (Wildman–Crippen LogP) is 5.15. The van der Waals surface area contributed by atoms with Crippen molar-refractivity contribution in [2.24, 2.45) is 11.3 Å². The Morgan fingerprint density at radius 1 is 1.17 bits per heavy atom. The van der Waals surface area contributed by atoms with Gasteiger partial charge in [-0.25, -0.2) is 0 Å². The van der Waals surface area contributed by atoms with Crippen LogP contribution in [0.15, 0.2) is 42.5 Å². The van der Waals surface area contributed by atoms with Crippen LogP contribution in [0.2, 0.25) is 5.02 Å². The number of ether oxygens (including phenoxy) is 1. The SMILES string of the molecule is COc1cccc(C(O)(C(=O)N(C)CCC2CC23CCN(c2ccc(C(=O)NC4CC4)c(Cl)c2)CC3)C(F)(F)F)c1. The molecule has 1 heterocycles. The summed E-state index contributed by atoms with van der Waals surface area (Å²) in [6.07, 6.45) is 0.169. The van der Waals surface area contributed by atoms with E-state index >= 15 is 0 Å². The van der Waals surface area contributed by atoms with E-state index in [1.807, 2.05) is 12.1 Å². The first-order valence-electron chi connectivity index (χ1n) is 13.9. The fourth-order valence-electron chi connectivity index (χ4n) is 6.02. The van der Waals surface area contributed by atoms with Crippen molar-refractivity contribution in [3.63, 3.8) is 0 Å². The monoisotopic (exact) mass is 593 g/mol. The second kappa shape index (κ2) is 11.0. The Labute approximate surface area is 242 Å². The zero-order valence-electron chi connectivity index (χ0n) is 23.1. The third kappa shape index (κ3) is 5.86. The van der Waals surface area contributed by atoms with Gasteiger partial charge in [-0.3, -0.25) is 9.59 Å². The number of likely N-dealkylation sites (N-methyl/N-ethyl adjacent to an activating group) is 1. The highest BCUT2D eigenvalue weighted by Crippen LogP contribution is 2.61. The molecule has 2 aliphatic carbocycles. The molecule has 2 unspecified atom stereocenters. The number of benzene rings is 2. The molecule has 2 aromatic carbocycles. The standard InChI is InChI=1S/C30H35ClF3N3O4/c1-36(27(39)29(40,30(32,33)34)19-4-3-5-23(16-19)41-2)13-10-20-18-28(20)11-14-37(15-12-28)22-8-9-24(25(31)17-22)26(38)35-21-6-7-21/h3-5,8-9,16-17,20-21,40H,6-7,10-15,18H2,1-2H3,(H,35,38). The average Bonchev–Trinajstić information content (AvgIpc) is 3.88. The number of aliphatic hydroxyl groups is 1. The van der Waals surface area contributed by atoms with E-state index in [4.69, 9.17) is 16.3 Å². The van der Waals surface area contributed by atoms with Crippen LogP contribution < -0.4 is 15.0 Å². The van der Waals surface area contributed by atoms with E-state index in [-0.39, 0.29) is 29.7 Å². The van der Waals surface area contributed by atoms with Gasteiger partial charge in [0.2, 0.25) is 0 Å². The van der Waals surface area contributed by atoms with Gasteiger partial charge in [-0.2, -0.15) is 13.2 Å². The number of methoxy groups -OCH3 is 1. The molecule has 1 saturated heterocycles. The molecule has 0 radical (unpaired) electrons. The highest BCUT2D eigenvalue weighted by molar-refractivity contribution is 6.34. The molecule has 0 aromatic heterocycles. The summed E-state index contributed by atoms with van der Waals surface area (Å²) in [6, 6.07) is 10.6. The Hall–Kier alpha value is -2.98. The molecule has 2 amide bonds. The lowest BCUT2D eigenvalue weighted by atomic mass is 9.89. The van der Waals surface area contributed by atoms with E-state index in [2.05, 4.69) is 10.2 Å². The summed E-state index contributed by atoms with van der Waals surface area (Å²) in [6.45, 7) is 1.72. The van der Waals surface area contributed by atoms with Gasteiger partial charge in [-0.05, 0) is 80.2 Å². The largest absolute Gasteiger partial charge is 0.497 e. The smallest absolute Gasteiger partial charge is 0.430 e. The predicted molar refractivity (Wildman–Crippen MR) is 149 cm³/mol. The minimum atomic E-state index is -5.21. The van der Waals surface area contributed by atoms with Crippen LogP contribution in [0.5, 0.6) is 5.75 Å². The van der Waals surface area contributed by atoms with E-state index < -0.39 is 23.2 Å². The number of carbonyl (C=O) groups excluding carboxylic acids is 2. The van der Waals surface area contributed by atoms with Crippen LogP contribution in [-0.4, -0.2) is 67.8 Å². The number of rotatable bonds is 9. The first-order chi connectivity index (χ1) is 19.4. The fraction of sp³-hybridized carbons (Fsp3) is 0.533. The quantitative estimate of drug-likeness (QED) is 0.421. The van der Waals surface area contributed by atoms with Gasteiger partial charge in [0, 0.05) is 44.0 Å². The molecular weight excluding hydrogens is 559 g/mol. The normalized spacial score (nSPS) is 21.2. The molecule has 222 valence electrons. The Bertz CT molecular complexity index is 1310. The molecule has 11 heteroatoms. The van der Waals surface area contributed by atoms with Crippen molar-refractivity contribution in [2.45, 2.75) is 56.3 Å². The van der Waals surface area contributed by atoms with Gasteiger partial charge >= 0.3 is 6.18 Å². The number of nitrogens with one attached hydrogen (secondary N) is 1. The highest BCUT2D eigenvalue weighted by atomic mass is 35.5. The molecule has 2 atom stereocenters. The zero-order valence-corrected chi connectivity index (χ0v) is 23.9. The van der Waals surface area contributed by atoms with Crippen molar-refractivity contribution in [1.29, 1.82) is 0 Å². The van der Waals surface area contributed by atoms with Gasteiger partial charge in [-0.15, -0.1) is 0 Å². The van der Waals surface area contributed by atoms with Gasteiger partial charge < -0.3 is 25.0 Å². The summed E-state index contributed by atoms with van der Waals surface area (Å²) in [7, 11) is 2.60. The minimum Gasteiger partial charge on any atom is -0.497 e. The number of carbonyl (C=O) groups is 2. The number of piperidine rings is 1. The van der Waals surface area contributed by atoms with Crippen LogP contribution >= 0.6 is 11.6 Å². The highest BCUT2D eigenvalue weighted by Gasteiger charge is 2.62. The lowest BCUT2D eigenvalue weighted by Crippen LogP contribution is -2.55. The van der Waals surface area contributed by atoms with Gasteiger partial charge in [0.05, 0.1) is 17.7 Å². The maximum atomic E-state index is 14.1. The van der Waals surface area contributed by atoms with Crippen LogP contribution in [0, 0.1) is 11.3 Å². The second-order valence-electron chi connectivity index (χ2n) is 11.6. The lowest BCUT2D eigenvalue weighted by Gasteiger charge is -2.35. The topological polar surface area (TPSA) is 82.1 Å². The third-order valence-corrected chi connectivity index (χ3v) is 9.27. The molecule has 41 heavy (non-hydrogen) atoms. The molecule has 5 rings (SSSR count). The summed E-state index contributed by atoms with van der Waals surface area (Å²) in [4.78, 5) is 28.6. The summed E-state index contributed by atoms with van der Waals surface area (Å²) >= 11 is 6.44. The van der Waals surface area contributed by atoms with Gasteiger partial charge in [0.1, 0.15) is 5.75 Å². The van der Waals surface area contributed by atoms with Crippen molar-refractivity contribution < 1.29 is 32.6 Å². The Balaban J connectivity index is 1.16. The van der Waals surface area contributed by atoms with Crippen molar-refractivity contribution in [3.05, 3.63) is 58.6 Å². The van der Waals surface area contributed by atoms with Crippen LogP contribution in [0.4, 0.5) is 18.9 Å². The molecule has 3 fully saturated rings. The van der Waals surface area contributed by atoms with E-state index in [9.17, 15) is 27.9 Å². The number of hydrogen-bond acceptors (Lipinski definition) is 5. The molecule has 3 aliphatic rings. The van der Waals surface area contributed by atoms with Crippen molar-refractivity contribution in [1.82, 2.24) is 10.2 Å². The van der Waals surface area contributed by atoms with Crippen LogP contribution in [0.3, 0.4) is 0 Å². The van der Waals surface area contributed by atoms with E-state index in [0.29, 0.717) is 22.9 Å².